The van der Waals surface area contributed by atoms with Crippen LogP contribution in [0, 0.1) is 0 Å². The second-order valence-electron chi connectivity index (χ2n) is 14.8. The van der Waals surface area contributed by atoms with Crippen molar-refractivity contribution in [3.63, 3.8) is 0 Å². The van der Waals surface area contributed by atoms with Gasteiger partial charge in [-0.25, -0.2) is 4.79 Å². The number of aromatic hydroxyl groups is 2. The topological polar surface area (TPSA) is 255 Å². The number of fused-ring (bicyclic) bond motifs is 5. The normalized spacial score (nSPS) is 17.3. The van der Waals surface area contributed by atoms with Gasteiger partial charge in [-0.15, -0.1) is 0 Å². The molecule has 6 amide bonds. The van der Waals surface area contributed by atoms with Gasteiger partial charge in [-0.3, -0.25) is 28.8 Å². The molecule has 4 bridgehead atoms. The first kappa shape index (κ1) is 44.8. The molecule has 0 unspecified atom stereocenters. The molecule has 17 nitrogen and oxygen atoms in total. The van der Waals surface area contributed by atoms with Crippen LogP contribution in [-0.4, -0.2) is 123 Å². The van der Waals surface area contributed by atoms with Crippen molar-refractivity contribution in [3.05, 3.63) is 108 Å². The fourth-order valence-corrected chi connectivity index (χ4v) is 6.77. The molecule has 0 aliphatic carbocycles. The number of aliphatic carboxylic acids is 1. The van der Waals surface area contributed by atoms with Gasteiger partial charge < -0.3 is 51.5 Å². The first-order valence-corrected chi connectivity index (χ1v) is 19.3. The van der Waals surface area contributed by atoms with E-state index in [1.165, 1.54) is 64.3 Å². The monoisotopic (exact) mass is 836 g/mol. The van der Waals surface area contributed by atoms with Crippen molar-refractivity contribution < 1.29 is 54.0 Å². The van der Waals surface area contributed by atoms with Crippen molar-refractivity contribution >= 4 is 41.4 Å². The number of nitrogens with zero attached hydrogens (tertiary/aromatic N) is 2. The number of hydrogen-bond donors (Lipinski definition) is 8. The highest BCUT2D eigenvalue weighted by Crippen LogP contribution is 2.38. The Morgan fingerprint density at radius 2 is 1.41 bits per heavy atom. The average Bonchev–Trinajstić information content (AvgIpc) is 3.23. The van der Waals surface area contributed by atoms with Crippen LogP contribution in [0.4, 0.5) is 0 Å². The maximum Gasteiger partial charge on any atom is 0.326 e. The third-order valence-corrected chi connectivity index (χ3v) is 10.4. The van der Waals surface area contributed by atoms with Crippen LogP contribution in [0.2, 0.25) is 0 Å². The summed E-state index contributed by atoms with van der Waals surface area (Å²) in [5.74, 6) is -6.53. The largest absolute Gasteiger partial charge is 0.507 e. The van der Waals surface area contributed by atoms with E-state index in [1.54, 1.807) is 12.1 Å². The number of hydrogen-bond acceptors (Lipinski definition) is 10. The van der Waals surface area contributed by atoms with E-state index in [9.17, 15) is 54.0 Å². The molecule has 0 saturated heterocycles. The number of carboxylic acids is 1. The molecule has 1 aliphatic heterocycles. The average molecular weight is 837 g/mol. The van der Waals surface area contributed by atoms with E-state index in [-0.39, 0.29) is 41.0 Å². The molecule has 8 N–H and O–H groups in total. The van der Waals surface area contributed by atoms with Gasteiger partial charge in [0.05, 0.1) is 19.6 Å². The van der Waals surface area contributed by atoms with Crippen LogP contribution in [0.25, 0.3) is 22.3 Å². The van der Waals surface area contributed by atoms with Crippen LogP contribution >= 0.6 is 0 Å². The summed E-state index contributed by atoms with van der Waals surface area (Å²) in [6.07, 6.45) is -0.244. The third kappa shape index (κ3) is 10.9. The van der Waals surface area contributed by atoms with E-state index in [1.807, 2.05) is 42.5 Å². The summed E-state index contributed by atoms with van der Waals surface area (Å²) in [7, 11) is 2.62. The zero-order valence-corrected chi connectivity index (χ0v) is 33.9. The number of benzene rings is 4. The van der Waals surface area contributed by atoms with Gasteiger partial charge in [0, 0.05) is 31.6 Å². The standard InChI is InChI=1S/C44H48N6O11/c1-24(46-42(58)34(23-51)49(3)37(54)20-26-10-13-29(14-11-26)28-8-6-5-7-9-28)40(56)45-22-38(55)50(4)39-30-15-17-36(53)32(21-30)31-18-27(12-16-35(31)52)19-33(44(60)61)48-41(57)25(2)47-43(39)59/h5-18,21,24-25,33-34,39,51-53H,19-20,22-23H2,1-4H3,(H,45,56)(H,46,58)(H,47,59)(H,48,57)(H,60,61)/t24-,25+,33+,34-,39+/m1/s1. The zero-order valence-electron chi connectivity index (χ0n) is 33.9. The predicted octanol–water partition coefficient (Wildman–Crippen LogP) is 1.24. The van der Waals surface area contributed by atoms with Crippen LogP contribution in [0.5, 0.6) is 11.5 Å². The fraction of sp³-hybridized carbons (Fsp3) is 0.295. The molecule has 0 aromatic heterocycles. The second kappa shape index (κ2) is 19.7. The molecular weight excluding hydrogens is 789 g/mol. The number of phenolic OH excluding ortho intramolecular Hbond substituents is 2. The van der Waals surface area contributed by atoms with Gasteiger partial charge in [0.15, 0.2) is 0 Å². The Bertz CT molecular complexity index is 2300. The minimum absolute atomic E-state index is 0.0559. The van der Waals surface area contributed by atoms with Gasteiger partial charge in [0.2, 0.25) is 35.4 Å². The van der Waals surface area contributed by atoms with Crippen molar-refractivity contribution in [3.8, 4) is 33.8 Å². The lowest BCUT2D eigenvalue weighted by atomic mass is 9.94. The highest BCUT2D eigenvalue weighted by Gasteiger charge is 2.34. The minimum Gasteiger partial charge on any atom is -0.507 e. The number of phenols is 2. The van der Waals surface area contributed by atoms with Crippen molar-refractivity contribution in [1.29, 1.82) is 0 Å². The Kier molecular flexibility index (Phi) is 14.4. The highest BCUT2D eigenvalue weighted by atomic mass is 16.4. The van der Waals surface area contributed by atoms with Crippen molar-refractivity contribution in [2.24, 2.45) is 0 Å². The van der Waals surface area contributed by atoms with Gasteiger partial charge in [0.25, 0.3) is 0 Å². The lowest BCUT2D eigenvalue weighted by Gasteiger charge is -2.30. The van der Waals surface area contributed by atoms with E-state index in [0.29, 0.717) is 11.1 Å². The number of rotatable bonds is 12. The first-order valence-electron chi connectivity index (χ1n) is 19.3. The molecule has 4 aromatic carbocycles. The Morgan fingerprint density at radius 3 is 2.05 bits per heavy atom. The molecule has 5 rings (SSSR count). The SMILES string of the molecule is C[C@@H]1NC(=O)[C@@H](N(C)C(=O)CNC(=O)[C@@H](C)NC(=O)[C@@H](CO)N(C)C(=O)Cc2ccc(-c3ccccc3)cc2)c2ccc(O)c(c2)-c2cc(ccc2O)C[C@@H](C(=O)O)NC1=O. The number of likely N-dealkylation sites (N-methyl/N-ethyl adjacent to an activating group) is 2. The first-order chi connectivity index (χ1) is 29.0. The summed E-state index contributed by atoms with van der Waals surface area (Å²) in [5, 5.41) is 51.3. The maximum absolute atomic E-state index is 13.9. The fourth-order valence-electron chi connectivity index (χ4n) is 6.77. The molecule has 0 radical (unpaired) electrons. The summed E-state index contributed by atoms with van der Waals surface area (Å²) in [6.45, 7) is 1.25. The molecule has 5 atom stereocenters. The number of carbonyl (C=O) groups excluding carboxylic acids is 6. The van der Waals surface area contributed by atoms with Gasteiger partial charge in [-0.2, -0.15) is 0 Å². The summed E-state index contributed by atoms with van der Waals surface area (Å²) >= 11 is 0. The van der Waals surface area contributed by atoms with E-state index >= 15 is 0 Å². The molecule has 1 heterocycles. The minimum atomic E-state index is -1.49. The van der Waals surface area contributed by atoms with Crippen molar-refractivity contribution in [1.82, 2.24) is 31.1 Å². The Balaban J connectivity index is 1.26. The van der Waals surface area contributed by atoms with Gasteiger partial charge >= 0.3 is 5.97 Å². The van der Waals surface area contributed by atoms with Crippen LogP contribution in [0.1, 0.15) is 36.6 Å². The van der Waals surface area contributed by atoms with Crippen LogP contribution in [-0.2, 0) is 46.4 Å². The molecule has 0 saturated carbocycles. The molecule has 4 aromatic rings. The summed E-state index contributed by atoms with van der Waals surface area (Å²) in [4.78, 5) is 94.2. The molecule has 320 valence electrons. The van der Waals surface area contributed by atoms with Crippen molar-refractivity contribution in [2.75, 3.05) is 27.2 Å². The molecular formula is C44H48N6O11. The Hall–Kier alpha value is -7.27. The Labute approximate surface area is 351 Å². The summed E-state index contributed by atoms with van der Waals surface area (Å²) in [6, 6.07) is 18.4. The van der Waals surface area contributed by atoms with Crippen LogP contribution in [0.3, 0.4) is 0 Å². The maximum atomic E-state index is 13.9. The molecule has 0 spiro atoms. The van der Waals surface area contributed by atoms with Crippen molar-refractivity contribution in [2.45, 2.75) is 56.9 Å². The third-order valence-electron chi connectivity index (χ3n) is 10.4. The molecule has 0 fully saturated rings. The second-order valence-corrected chi connectivity index (χ2v) is 14.8. The van der Waals surface area contributed by atoms with Gasteiger partial charge in [0.1, 0.15) is 41.7 Å². The number of aliphatic hydroxyl groups excluding tert-OH is 1. The van der Waals surface area contributed by atoms with E-state index < -0.39 is 84.8 Å². The highest BCUT2D eigenvalue weighted by molar-refractivity contribution is 5.96. The number of carbonyl (C=O) groups is 7. The molecule has 17 heteroatoms. The van der Waals surface area contributed by atoms with Gasteiger partial charge in [-0.05, 0) is 65.9 Å². The van der Waals surface area contributed by atoms with Gasteiger partial charge in [-0.1, -0.05) is 66.7 Å². The summed E-state index contributed by atoms with van der Waals surface area (Å²) in [5.41, 5.74) is 3.34. The molecule has 61 heavy (non-hydrogen) atoms. The number of nitrogens with one attached hydrogen (secondary N) is 4. The van der Waals surface area contributed by atoms with E-state index in [4.69, 9.17) is 0 Å². The predicted molar refractivity (Wildman–Crippen MR) is 221 cm³/mol. The molecule has 1 aliphatic rings. The number of amides is 6. The van der Waals surface area contributed by atoms with Crippen LogP contribution in [0.15, 0.2) is 91.0 Å². The smallest absolute Gasteiger partial charge is 0.326 e. The Morgan fingerprint density at radius 1 is 0.787 bits per heavy atom. The number of aliphatic hydroxyl groups is 1. The quantitative estimate of drug-likeness (QED) is 0.101. The van der Waals surface area contributed by atoms with Crippen LogP contribution < -0.4 is 21.3 Å². The van der Waals surface area contributed by atoms with E-state index in [0.717, 1.165) is 20.9 Å². The summed E-state index contributed by atoms with van der Waals surface area (Å²) < 4.78 is 0. The lowest BCUT2D eigenvalue weighted by molar-refractivity contribution is -0.143. The lowest BCUT2D eigenvalue weighted by Crippen LogP contribution is -2.55. The number of carboxylic acid groups (broad SMARTS) is 1. The zero-order chi connectivity index (χ0) is 44.5. The van der Waals surface area contributed by atoms with E-state index in [2.05, 4.69) is 21.3 Å².